The molecule has 0 unspecified atom stereocenters. The molecule has 5 nitrogen and oxygen atoms in total. The quantitative estimate of drug-likeness (QED) is 0.802. The average Bonchev–Trinajstić information content (AvgIpc) is 2.26. The van der Waals surface area contributed by atoms with E-state index < -0.39 is 12.0 Å². The van der Waals surface area contributed by atoms with Crippen molar-refractivity contribution in [2.24, 2.45) is 11.2 Å². The second kappa shape index (κ2) is 5.77. The van der Waals surface area contributed by atoms with Crippen molar-refractivity contribution in [1.29, 1.82) is 0 Å². The van der Waals surface area contributed by atoms with E-state index >= 15 is 0 Å². The third-order valence-electron chi connectivity index (χ3n) is 3.32. The topological polar surface area (TPSA) is 61.8 Å². The van der Waals surface area contributed by atoms with E-state index in [0.29, 0.717) is 19.5 Å². The summed E-state index contributed by atoms with van der Waals surface area (Å²) in [5, 5.41) is 6.71. The molecule has 1 aliphatic carbocycles. The fourth-order valence-corrected chi connectivity index (χ4v) is 2.33. The molecule has 1 N–H and O–H groups in total. The lowest BCUT2D eigenvalue weighted by Crippen LogP contribution is -2.53. The van der Waals surface area contributed by atoms with Crippen molar-refractivity contribution in [2.75, 3.05) is 13.1 Å². The number of piperidine rings is 1. The van der Waals surface area contributed by atoms with Crippen LogP contribution in [0.1, 0.15) is 25.7 Å². The van der Waals surface area contributed by atoms with Crippen molar-refractivity contribution >= 4 is 18.3 Å². The summed E-state index contributed by atoms with van der Waals surface area (Å²) in [6, 6.07) is -0.419. The summed E-state index contributed by atoms with van der Waals surface area (Å²) >= 11 is 0. The smallest absolute Gasteiger partial charge is 0.252 e. The van der Waals surface area contributed by atoms with Crippen LogP contribution in [0.4, 0.5) is 8.78 Å². The van der Waals surface area contributed by atoms with Gasteiger partial charge in [0.2, 0.25) is 5.91 Å². The summed E-state index contributed by atoms with van der Waals surface area (Å²) in [6.45, 7) is 0.854. The van der Waals surface area contributed by atoms with E-state index in [1.54, 1.807) is 0 Å². The van der Waals surface area contributed by atoms with Gasteiger partial charge in [-0.2, -0.15) is 0 Å². The molecule has 0 bridgehead atoms. The Morgan fingerprint density at radius 2 is 2.06 bits per heavy atom. The lowest BCUT2D eigenvalue weighted by Gasteiger charge is -2.37. The van der Waals surface area contributed by atoms with Crippen LogP contribution in [0.15, 0.2) is 5.29 Å². The molecule has 2 aliphatic rings. The fraction of sp³-hybridized carbons (Fsp3) is 0.900. The summed E-state index contributed by atoms with van der Waals surface area (Å²) in [5.74, 6) is -3.17. The van der Waals surface area contributed by atoms with Crippen molar-refractivity contribution in [1.82, 2.24) is 10.3 Å². The van der Waals surface area contributed by atoms with E-state index in [9.17, 15) is 18.5 Å². The zero-order chi connectivity index (χ0) is 12.5. The van der Waals surface area contributed by atoms with E-state index in [1.807, 2.05) is 0 Å². The second-order valence-corrected chi connectivity index (χ2v) is 4.80. The largest absolute Gasteiger partial charge is 0.353 e. The van der Waals surface area contributed by atoms with Crippen molar-refractivity contribution in [2.45, 2.75) is 37.6 Å². The first-order valence-electron chi connectivity index (χ1n) is 5.76. The molecule has 1 saturated heterocycles. The molecule has 1 amide bonds. The van der Waals surface area contributed by atoms with Crippen LogP contribution in [0.5, 0.6) is 0 Å². The molecule has 2 fully saturated rings. The van der Waals surface area contributed by atoms with Crippen molar-refractivity contribution in [3.63, 3.8) is 0 Å². The van der Waals surface area contributed by atoms with Gasteiger partial charge in [-0.25, -0.2) is 8.78 Å². The van der Waals surface area contributed by atoms with Crippen molar-refractivity contribution in [3.8, 4) is 0 Å². The average molecular weight is 284 g/mol. The highest BCUT2D eigenvalue weighted by Crippen LogP contribution is 2.37. The Balaban J connectivity index is 0.00000162. The van der Waals surface area contributed by atoms with Gasteiger partial charge < -0.3 is 5.32 Å². The Morgan fingerprint density at radius 3 is 2.61 bits per heavy atom. The Bertz CT molecular complexity index is 322. The number of hydrogen-bond acceptors (Lipinski definition) is 3. The van der Waals surface area contributed by atoms with Gasteiger partial charge in [-0.15, -0.1) is 17.3 Å². The van der Waals surface area contributed by atoms with Crippen LogP contribution in [0.25, 0.3) is 0 Å². The van der Waals surface area contributed by atoms with Crippen LogP contribution in [0.2, 0.25) is 0 Å². The minimum absolute atomic E-state index is 0. The highest BCUT2D eigenvalue weighted by Gasteiger charge is 2.46. The maximum absolute atomic E-state index is 12.6. The first kappa shape index (κ1) is 15.1. The molecule has 18 heavy (non-hydrogen) atoms. The molecule has 1 saturated carbocycles. The number of nitrogens with one attached hydrogen (secondary N) is 1. The molecule has 0 aromatic rings. The summed E-state index contributed by atoms with van der Waals surface area (Å²) in [4.78, 5) is 22.1. The van der Waals surface area contributed by atoms with Gasteiger partial charge >= 0.3 is 0 Å². The third-order valence-corrected chi connectivity index (χ3v) is 3.32. The lowest BCUT2D eigenvalue weighted by atomic mass is 9.87. The van der Waals surface area contributed by atoms with E-state index in [1.165, 1.54) is 5.01 Å². The Kier molecular flexibility index (Phi) is 4.84. The molecule has 0 spiro atoms. The van der Waals surface area contributed by atoms with Crippen molar-refractivity contribution < 1.29 is 13.6 Å². The van der Waals surface area contributed by atoms with Gasteiger partial charge in [-0.1, -0.05) is 0 Å². The molecule has 8 heteroatoms. The van der Waals surface area contributed by atoms with Gasteiger partial charge in [0.25, 0.3) is 5.92 Å². The number of nitroso groups, excluding NO2 is 1. The predicted octanol–water partition coefficient (Wildman–Crippen LogP) is 1.72. The third kappa shape index (κ3) is 3.51. The predicted molar refractivity (Wildman–Crippen MR) is 63.5 cm³/mol. The Hall–Kier alpha value is -0.980. The summed E-state index contributed by atoms with van der Waals surface area (Å²) in [5.41, 5.74) is 0. The minimum atomic E-state index is -2.62. The number of hydrogen-bond donors (Lipinski definition) is 1. The highest BCUT2D eigenvalue weighted by molar-refractivity contribution is 5.85. The Labute approximate surface area is 110 Å². The van der Waals surface area contributed by atoms with Gasteiger partial charge in [0.15, 0.2) is 0 Å². The van der Waals surface area contributed by atoms with Gasteiger partial charge in [-0.3, -0.25) is 9.80 Å². The van der Waals surface area contributed by atoms with Crippen LogP contribution in [0, 0.1) is 10.8 Å². The number of nitrogens with zero attached hydrogens (tertiary/aromatic N) is 2. The summed E-state index contributed by atoms with van der Waals surface area (Å²) < 4.78 is 25.2. The second-order valence-electron chi connectivity index (χ2n) is 4.80. The number of amides is 1. The van der Waals surface area contributed by atoms with Gasteiger partial charge in [0.1, 0.15) is 0 Å². The summed E-state index contributed by atoms with van der Waals surface area (Å²) in [6.07, 6.45) is 0.855. The molecule has 0 radical (unpaired) electrons. The highest BCUT2D eigenvalue weighted by atomic mass is 35.5. The van der Waals surface area contributed by atoms with E-state index in [4.69, 9.17) is 0 Å². The van der Waals surface area contributed by atoms with Crippen LogP contribution < -0.4 is 5.32 Å². The number of halogens is 3. The first-order valence-corrected chi connectivity index (χ1v) is 5.76. The number of rotatable bonds is 3. The zero-order valence-electron chi connectivity index (χ0n) is 9.77. The number of carbonyl (C=O) groups is 1. The minimum Gasteiger partial charge on any atom is -0.353 e. The van der Waals surface area contributed by atoms with Crippen LogP contribution in [-0.2, 0) is 4.79 Å². The first-order chi connectivity index (χ1) is 8.00. The Morgan fingerprint density at radius 1 is 1.39 bits per heavy atom. The normalized spacial score (nSPS) is 26.8. The molecule has 1 heterocycles. The van der Waals surface area contributed by atoms with Gasteiger partial charge in [0, 0.05) is 25.4 Å². The van der Waals surface area contributed by atoms with Crippen LogP contribution >= 0.6 is 12.4 Å². The molecule has 1 atom stereocenters. The molecule has 1 aliphatic heterocycles. The maximum atomic E-state index is 12.6. The fourth-order valence-electron chi connectivity index (χ4n) is 2.33. The van der Waals surface area contributed by atoms with Crippen LogP contribution in [-0.4, -0.2) is 36.0 Å². The van der Waals surface area contributed by atoms with E-state index in [2.05, 4.69) is 10.6 Å². The number of carbonyl (C=O) groups excluding carboxylic acids is 1. The molecule has 104 valence electrons. The zero-order valence-corrected chi connectivity index (χ0v) is 10.6. The molecular formula is C10H16ClF2N3O2. The molecule has 0 aromatic carbocycles. The molecule has 2 rings (SSSR count). The standard InChI is InChI=1S/C10H15F2N3O2.ClH/c11-10(12)4-8(5-10)13-9(16)7-2-1-3-15(6-7)14-17;/h7-8H,1-6H2,(H,13,16);1H/t7-;/m0./s1. The SMILES string of the molecule is Cl.O=NN1CCC[C@H](C(=O)NC2CC(F)(F)C2)C1. The van der Waals surface area contributed by atoms with E-state index in [0.717, 1.165) is 6.42 Å². The molecule has 0 aromatic heterocycles. The lowest BCUT2D eigenvalue weighted by molar-refractivity contribution is -0.134. The summed E-state index contributed by atoms with van der Waals surface area (Å²) in [7, 11) is 0. The monoisotopic (exact) mass is 283 g/mol. The van der Waals surface area contributed by atoms with Crippen molar-refractivity contribution in [3.05, 3.63) is 4.91 Å². The van der Waals surface area contributed by atoms with Gasteiger partial charge in [0.05, 0.1) is 17.7 Å². The van der Waals surface area contributed by atoms with E-state index in [-0.39, 0.29) is 37.1 Å². The number of alkyl halides is 2. The molecular weight excluding hydrogens is 268 g/mol. The maximum Gasteiger partial charge on any atom is 0.252 e. The van der Waals surface area contributed by atoms with Crippen LogP contribution in [0.3, 0.4) is 0 Å². The van der Waals surface area contributed by atoms with Gasteiger partial charge in [-0.05, 0) is 12.8 Å².